The summed E-state index contributed by atoms with van der Waals surface area (Å²) in [5.41, 5.74) is 1.17. The molecule has 2 aliphatic heterocycles. The molecule has 0 aromatic heterocycles. The van der Waals surface area contributed by atoms with E-state index in [0.717, 1.165) is 0 Å². The van der Waals surface area contributed by atoms with Crippen LogP contribution in [0.1, 0.15) is 50.8 Å². The van der Waals surface area contributed by atoms with Gasteiger partial charge < -0.3 is 20.9 Å². The lowest BCUT2D eigenvalue weighted by Crippen LogP contribution is -2.64. The summed E-state index contributed by atoms with van der Waals surface area (Å²) in [5, 5.41) is 11.9. The molecule has 0 radical (unpaired) electrons. The molecule has 2 fully saturated rings. The number of likely N-dealkylation sites (N-methyl/N-ethyl adjacent to an activating group) is 1. The first-order chi connectivity index (χ1) is 20.5. The third-order valence-corrected chi connectivity index (χ3v) is 7.86. The first kappa shape index (κ1) is 32.0. The maximum atomic E-state index is 14.1. The summed E-state index contributed by atoms with van der Waals surface area (Å²) in [6.07, 6.45) is 0.528. The molecule has 0 aliphatic carbocycles. The molecule has 3 N–H and O–H groups in total. The molecule has 2 heterocycles. The quantitative estimate of drug-likeness (QED) is 0.407. The highest BCUT2D eigenvalue weighted by Gasteiger charge is 2.45. The largest absolute Gasteiger partial charge is 0.343 e. The molecule has 2 aromatic carbocycles. The molecule has 232 valence electrons. The van der Waals surface area contributed by atoms with E-state index in [2.05, 4.69) is 16.0 Å². The Hall–Kier alpha value is -3.90. The Bertz CT molecular complexity index is 1260. The van der Waals surface area contributed by atoms with Crippen LogP contribution in [0.4, 0.5) is 8.78 Å². The summed E-state index contributed by atoms with van der Waals surface area (Å²) in [5.74, 6) is -2.25. The van der Waals surface area contributed by atoms with E-state index in [9.17, 15) is 28.0 Å². The van der Waals surface area contributed by atoms with Crippen molar-refractivity contribution in [2.75, 3.05) is 33.2 Å². The zero-order chi connectivity index (χ0) is 31.3. The zero-order valence-corrected chi connectivity index (χ0v) is 25.0. The first-order valence-electron chi connectivity index (χ1n) is 14.6. The Morgan fingerprint density at radius 1 is 0.907 bits per heavy atom. The average Bonchev–Trinajstić information content (AvgIpc) is 3.39. The molecule has 0 unspecified atom stereocenters. The van der Waals surface area contributed by atoms with Gasteiger partial charge in [-0.2, -0.15) is 0 Å². The van der Waals surface area contributed by atoms with Crippen LogP contribution in [0.15, 0.2) is 48.5 Å². The van der Waals surface area contributed by atoms with Crippen molar-refractivity contribution < 1.29 is 28.0 Å². The SMILES string of the molecule is CN[C@H](C)C(=O)N1CCN2CC[C@@H](C(=O)NC(c3ccc(F)cc3)c3ccc(F)cc3)N2C(=O)[C@@H](NC(=O)CC(C)C)C1. The Balaban J connectivity index is 1.61. The molecule has 2 saturated heterocycles. The van der Waals surface area contributed by atoms with Crippen molar-refractivity contribution in [3.8, 4) is 0 Å². The summed E-state index contributed by atoms with van der Waals surface area (Å²) in [6.45, 7) is 6.50. The molecule has 4 amide bonds. The van der Waals surface area contributed by atoms with Gasteiger partial charge in [0.05, 0.1) is 18.6 Å². The van der Waals surface area contributed by atoms with Gasteiger partial charge in [-0.25, -0.2) is 13.8 Å². The van der Waals surface area contributed by atoms with Gasteiger partial charge in [0, 0.05) is 26.1 Å². The van der Waals surface area contributed by atoms with Gasteiger partial charge >= 0.3 is 0 Å². The van der Waals surface area contributed by atoms with Crippen LogP contribution in [-0.2, 0) is 19.2 Å². The molecule has 43 heavy (non-hydrogen) atoms. The lowest BCUT2D eigenvalue weighted by Gasteiger charge is -2.40. The van der Waals surface area contributed by atoms with Crippen LogP contribution in [0.25, 0.3) is 0 Å². The lowest BCUT2D eigenvalue weighted by molar-refractivity contribution is -0.160. The predicted molar refractivity (Wildman–Crippen MR) is 156 cm³/mol. The van der Waals surface area contributed by atoms with Gasteiger partial charge in [-0.05, 0) is 61.7 Å². The van der Waals surface area contributed by atoms with Crippen LogP contribution in [0.2, 0.25) is 0 Å². The minimum absolute atomic E-state index is 0.0278. The number of hydrogen-bond donors (Lipinski definition) is 3. The van der Waals surface area contributed by atoms with E-state index in [-0.39, 0.29) is 30.7 Å². The van der Waals surface area contributed by atoms with Crippen LogP contribution in [0.5, 0.6) is 0 Å². The fourth-order valence-electron chi connectivity index (χ4n) is 5.48. The van der Waals surface area contributed by atoms with Crippen molar-refractivity contribution in [2.24, 2.45) is 5.92 Å². The van der Waals surface area contributed by atoms with Crippen molar-refractivity contribution in [1.82, 2.24) is 30.9 Å². The van der Waals surface area contributed by atoms with Crippen LogP contribution < -0.4 is 16.0 Å². The van der Waals surface area contributed by atoms with Crippen molar-refractivity contribution >= 4 is 23.6 Å². The van der Waals surface area contributed by atoms with E-state index in [1.165, 1.54) is 29.3 Å². The minimum atomic E-state index is -1.06. The van der Waals surface area contributed by atoms with Crippen LogP contribution in [0, 0.1) is 17.6 Å². The second-order valence-corrected chi connectivity index (χ2v) is 11.5. The topological polar surface area (TPSA) is 114 Å². The standard InChI is InChI=1S/C31H40F2N6O4/c1-19(2)17-27(40)35-25-18-37(30(42)20(3)34-4)15-16-38-14-13-26(39(38)31(25)43)29(41)36-28(21-5-9-23(32)10-6-21)22-7-11-24(33)12-8-22/h5-12,19-20,25-26,28,34H,13-18H2,1-4H3,(H,35,40)(H,36,41)/t20-,25+,26+/m1/s1. The third kappa shape index (κ3) is 7.74. The second-order valence-electron chi connectivity index (χ2n) is 11.5. The number of hydrazine groups is 1. The summed E-state index contributed by atoms with van der Waals surface area (Å²) in [7, 11) is 1.68. The number of hydrogen-bond acceptors (Lipinski definition) is 6. The molecule has 3 atom stereocenters. The Kier molecular flexibility index (Phi) is 10.5. The normalized spacial score (nSPS) is 20.0. The highest BCUT2D eigenvalue weighted by atomic mass is 19.1. The highest BCUT2D eigenvalue weighted by Crippen LogP contribution is 2.27. The molecule has 2 aromatic rings. The van der Waals surface area contributed by atoms with E-state index in [1.54, 1.807) is 48.1 Å². The van der Waals surface area contributed by atoms with Gasteiger partial charge in [0.25, 0.3) is 5.91 Å². The highest BCUT2D eigenvalue weighted by molar-refractivity contribution is 5.93. The molecule has 0 spiro atoms. The fourth-order valence-corrected chi connectivity index (χ4v) is 5.48. The number of nitrogens with zero attached hydrogens (tertiary/aromatic N) is 3. The van der Waals surface area contributed by atoms with Gasteiger partial charge in [0.1, 0.15) is 23.7 Å². The molecule has 2 aliphatic rings. The van der Waals surface area contributed by atoms with Crippen molar-refractivity contribution in [3.05, 3.63) is 71.3 Å². The van der Waals surface area contributed by atoms with E-state index >= 15 is 0 Å². The van der Waals surface area contributed by atoms with Gasteiger partial charge in [0.15, 0.2) is 0 Å². The lowest BCUT2D eigenvalue weighted by atomic mass is 9.98. The molecule has 0 bridgehead atoms. The molecule has 0 saturated carbocycles. The molecule has 10 nitrogen and oxygen atoms in total. The number of benzene rings is 2. The molecular formula is C31H40F2N6O4. The van der Waals surface area contributed by atoms with Crippen molar-refractivity contribution in [1.29, 1.82) is 0 Å². The van der Waals surface area contributed by atoms with Gasteiger partial charge in [-0.1, -0.05) is 38.1 Å². The van der Waals surface area contributed by atoms with Gasteiger partial charge in [-0.15, -0.1) is 0 Å². The van der Waals surface area contributed by atoms with E-state index in [4.69, 9.17) is 0 Å². The Morgan fingerprint density at radius 2 is 1.49 bits per heavy atom. The first-order valence-corrected chi connectivity index (χ1v) is 14.6. The number of halogens is 2. The second kappa shape index (κ2) is 14.0. The number of fused-ring (bicyclic) bond motifs is 1. The van der Waals surface area contributed by atoms with Crippen molar-refractivity contribution in [3.63, 3.8) is 0 Å². The predicted octanol–water partition coefficient (Wildman–Crippen LogP) is 1.97. The number of carbonyl (C=O) groups is 4. The van der Waals surface area contributed by atoms with Crippen LogP contribution in [0.3, 0.4) is 0 Å². The Labute approximate surface area is 250 Å². The fraction of sp³-hybridized carbons (Fsp3) is 0.484. The van der Waals surface area contributed by atoms with Crippen LogP contribution in [-0.4, -0.2) is 89.9 Å². The number of carbonyl (C=O) groups excluding carboxylic acids is 4. The minimum Gasteiger partial charge on any atom is -0.343 e. The van der Waals surface area contributed by atoms with Crippen LogP contribution >= 0.6 is 0 Å². The molecule has 12 heteroatoms. The number of amides is 4. The summed E-state index contributed by atoms with van der Waals surface area (Å²) in [4.78, 5) is 55.4. The smallest absolute Gasteiger partial charge is 0.262 e. The summed E-state index contributed by atoms with van der Waals surface area (Å²) >= 11 is 0. The molecule has 4 rings (SSSR count). The maximum Gasteiger partial charge on any atom is 0.262 e. The van der Waals surface area contributed by atoms with Gasteiger partial charge in [-0.3, -0.25) is 24.2 Å². The molecular weight excluding hydrogens is 558 g/mol. The third-order valence-electron chi connectivity index (χ3n) is 7.86. The number of nitrogens with one attached hydrogen (secondary N) is 3. The summed E-state index contributed by atoms with van der Waals surface area (Å²) < 4.78 is 27.4. The van der Waals surface area contributed by atoms with E-state index in [0.29, 0.717) is 37.2 Å². The van der Waals surface area contributed by atoms with Gasteiger partial charge in [0.2, 0.25) is 17.7 Å². The average molecular weight is 599 g/mol. The Morgan fingerprint density at radius 3 is 2.02 bits per heavy atom. The summed E-state index contributed by atoms with van der Waals surface area (Å²) in [6, 6.07) is 8.15. The maximum absolute atomic E-state index is 14.1. The zero-order valence-electron chi connectivity index (χ0n) is 25.0. The van der Waals surface area contributed by atoms with Crippen molar-refractivity contribution in [2.45, 2.75) is 57.8 Å². The monoisotopic (exact) mass is 598 g/mol. The number of rotatable bonds is 9. The van der Waals surface area contributed by atoms with E-state index in [1.807, 2.05) is 13.8 Å². The van der Waals surface area contributed by atoms with E-state index < -0.39 is 47.6 Å².